The zero-order chi connectivity index (χ0) is 14.7. The molecule has 3 rings (SSSR count). The summed E-state index contributed by atoms with van der Waals surface area (Å²) in [5.41, 5.74) is 2.04. The number of carbonyl (C=O) groups excluding carboxylic acids is 1. The Morgan fingerprint density at radius 1 is 1.29 bits per heavy atom. The van der Waals surface area contributed by atoms with Crippen molar-refractivity contribution in [3.63, 3.8) is 0 Å². The van der Waals surface area contributed by atoms with Crippen LogP contribution in [0.1, 0.15) is 0 Å². The van der Waals surface area contributed by atoms with E-state index in [2.05, 4.69) is 15.3 Å². The molecular formula is C14H10ClN3O2S. The fraction of sp³-hybridized carbons (Fsp3) is 0.0714. The Hall–Kier alpha value is -2.05. The maximum atomic E-state index is 11.8. The van der Waals surface area contributed by atoms with Crippen molar-refractivity contribution in [1.82, 2.24) is 9.97 Å². The van der Waals surface area contributed by atoms with E-state index >= 15 is 0 Å². The third-order valence-electron chi connectivity index (χ3n) is 2.62. The average Bonchev–Trinajstić information content (AvgIpc) is 2.88. The molecule has 0 saturated carbocycles. The van der Waals surface area contributed by atoms with Crippen LogP contribution in [0.25, 0.3) is 11.1 Å². The van der Waals surface area contributed by atoms with Crippen molar-refractivity contribution in [2.75, 3.05) is 11.1 Å². The van der Waals surface area contributed by atoms with Crippen LogP contribution in [0.15, 0.2) is 52.4 Å². The summed E-state index contributed by atoms with van der Waals surface area (Å²) in [7, 11) is 0. The zero-order valence-electron chi connectivity index (χ0n) is 10.7. The first-order valence-electron chi connectivity index (χ1n) is 6.09. The van der Waals surface area contributed by atoms with E-state index < -0.39 is 0 Å². The van der Waals surface area contributed by atoms with Crippen LogP contribution in [0.4, 0.5) is 5.69 Å². The molecule has 0 aliphatic heterocycles. The SMILES string of the molecule is O=C(CSc1nc2cc(Cl)ccc2o1)Nc1ccncc1. The molecule has 1 amide bonds. The highest BCUT2D eigenvalue weighted by Crippen LogP contribution is 2.25. The van der Waals surface area contributed by atoms with Gasteiger partial charge in [-0.1, -0.05) is 23.4 Å². The Kier molecular flexibility index (Phi) is 4.08. The number of anilines is 1. The number of amides is 1. The van der Waals surface area contributed by atoms with Gasteiger partial charge in [-0.05, 0) is 30.3 Å². The molecular weight excluding hydrogens is 310 g/mol. The Morgan fingerprint density at radius 3 is 2.90 bits per heavy atom. The molecule has 0 unspecified atom stereocenters. The van der Waals surface area contributed by atoms with Gasteiger partial charge in [-0.2, -0.15) is 0 Å². The number of nitrogens with zero attached hydrogens (tertiary/aromatic N) is 2. The van der Waals surface area contributed by atoms with E-state index in [0.717, 1.165) is 0 Å². The van der Waals surface area contributed by atoms with E-state index in [9.17, 15) is 4.79 Å². The number of halogens is 1. The largest absolute Gasteiger partial charge is 0.431 e. The van der Waals surface area contributed by atoms with Crippen molar-refractivity contribution in [3.8, 4) is 0 Å². The van der Waals surface area contributed by atoms with Gasteiger partial charge in [0.2, 0.25) is 5.91 Å². The van der Waals surface area contributed by atoms with E-state index in [-0.39, 0.29) is 11.7 Å². The molecule has 2 aromatic heterocycles. The third kappa shape index (κ3) is 3.53. The van der Waals surface area contributed by atoms with Gasteiger partial charge in [-0.25, -0.2) is 4.98 Å². The monoisotopic (exact) mass is 319 g/mol. The van der Waals surface area contributed by atoms with Gasteiger partial charge in [-0.3, -0.25) is 9.78 Å². The lowest BCUT2D eigenvalue weighted by molar-refractivity contribution is -0.113. The second-order valence-corrected chi connectivity index (χ2v) is 5.53. The summed E-state index contributed by atoms with van der Waals surface area (Å²) >= 11 is 7.12. The number of carbonyl (C=O) groups is 1. The number of aromatic nitrogens is 2. The number of rotatable bonds is 4. The summed E-state index contributed by atoms with van der Waals surface area (Å²) in [6.07, 6.45) is 3.24. The molecule has 0 aliphatic carbocycles. The molecule has 1 aromatic carbocycles. The third-order valence-corrected chi connectivity index (χ3v) is 3.68. The number of nitrogens with one attached hydrogen (secondary N) is 1. The highest BCUT2D eigenvalue weighted by atomic mass is 35.5. The van der Waals surface area contributed by atoms with E-state index in [1.54, 1.807) is 42.7 Å². The van der Waals surface area contributed by atoms with Gasteiger partial charge in [0.25, 0.3) is 5.22 Å². The Morgan fingerprint density at radius 2 is 2.10 bits per heavy atom. The predicted octanol–water partition coefficient (Wildman–Crippen LogP) is 3.61. The van der Waals surface area contributed by atoms with Crippen LogP contribution in [-0.4, -0.2) is 21.6 Å². The smallest absolute Gasteiger partial charge is 0.257 e. The lowest BCUT2D eigenvalue weighted by atomic mass is 10.3. The first-order valence-corrected chi connectivity index (χ1v) is 7.46. The van der Waals surface area contributed by atoms with Gasteiger partial charge in [-0.15, -0.1) is 0 Å². The summed E-state index contributed by atoms with van der Waals surface area (Å²) < 4.78 is 5.53. The Balaban J connectivity index is 1.62. The number of fused-ring (bicyclic) bond motifs is 1. The normalized spacial score (nSPS) is 10.7. The molecule has 0 bridgehead atoms. The Labute approximate surface area is 129 Å². The summed E-state index contributed by atoms with van der Waals surface area (Å²) in [6, 6.07) is 8.67. The second-order valence-electron chi connectivity index (χ2n) is 4.16. The minimum Gasteiger partial charge on any atom is -0.431 e. The Bertz CT molecular complexity index is 776. The summed E-state index contributed by atoms with van der Waals surface area (Å²) in [6.45, 7) is 0. The first-order chi connectivity index (χ1) is 10.2. The summed E-state index contributed by atoms with van der Waals surface area (Å²) in [5.74, 6) is 0.0783. The number of benzene rings is 1. The molecule has 106 valence electrons. The van der Waals surface area contributed by atoms with Crippen LogP contribution in [0.2, 0.25) is 5.02 Å². The van der Waals surface area contributed by atoms with Gasteiger partial charge >= 0.3 is 0 Å². The molecule has 3 aromatic rings. The van der Waals surface area contributed by atoms with Gasteiger partial charge < -0.3 is 9.73 Å². The maximum absolute atomic E-state index is 11.8. The van der Waals surface area contributed by atoms with Crippen molar-refractivity contribution in [2.45, 2.75) is 5.22 Å². The lowest BCUT2D eigenvalue weighted by Gasteiger charge is -2.02. The van der Waals surface area contributed by atoms with Gasteiger partial charge in [0, 0.05) is 23.1 Å². The minimum atomic E-state index is -0.133. The van der Waals surface area contributed by atoms with Crippen LogP contribution in [-0.2, 0) is 4.79 Å². The molecule has 1 N–H and O–H groups in total. The molecule has 5 nitrogen and oxygen atoms in total. The number of thioether (sulfide) groups is 1. The molecule has 0 radical (unpaired) electrons. The zero-order valence-corrected chi connectivity index (χ0v) is 12.3. The highest BCUT2D eigenvalue weighted by Gasteiger charge is 2.10. The van der Waals surface area contributed by atoms with Crippen molar-refractivity contribution < 1.29 is 9.21 Å². The molecule has 21 heavy (non-hydrogen) atoms. The fourth-order valence-electron chi connectivity index (χ4n) is 1.70. The first kappa shape index (κ1) is 13.9. The van der Waals surface area contributed by atoms with Crippen LogP contribution >= 0.6 is 23.4 Å². The topological polar surface area (TPSA) is 68.0 Å². The van der Waals surface area contributed by atoms with Crippen molar-refractivity contribution >= 4 is 46.1 Å². The van der Waals surface area contributed by atoms with Crippen molar-refractivity contribution in [1.29, 1.82) is 0 Å². The highest BCUT2D eigenvalue weighted by molar-refractivity contribution is 7.99. The van der Waals surface area contributed by atoms with Crippen LogP contribution in [0, 0.1) is 0 Å². The van der Waals surface area contributed by atoms with E-state index in [1.807, 2.05) is 0 Å². The van der Waals surface area contributed by atoms with E-state index in [4.69, 9.17) is 16.0 Å². The standard InChI is InChI=1S/C14H10ClN3O2S/c15-9-1-2-12-11(7-9)18-14(20-12)21-8-13(19)17-10-3-5-16-6-4-10/h1-7H,8H2,(H,16,17,19). The molecule has 2 heterocycles. The van der Waals surface area contributed by atoms with E-state index in [0.29, 0.717) is 27.0 Å². The van der Waals surface area contributed by atoms with Crippen LogP contribution < -0.4 is 5.32 Å². The molecule has 0 spiro atoms. The molecule has 0 saturated heterocycles. The number of pyridine rings is 1. The summed E-state index contributed by atoms with van der Waals surface area (Å²) in [4.78, 5) is 20.0. The lowest BCUT2D eigenvalue weighted by Crippen LogP contribution is -2.13. The molecule has 0 atom stereocenters. The predicted molar refractivity (Wildman–Crippen MR) is 82.6 cm³/mol. The molecule has 0 fully saturated rings. The van der Waals surface area contributed by atoms with Gasteiger partial charge in [0.15, 0.2) is 5.58 Å². The maximum Gasteiger partial charge on any atom is 0.257 e. The second kappa shape index (κ2) is 6.15. The average molecular weight is 320 g/mol. The minimum absolute atomic E-state index is 0.133. The van der Waals surface area contributed by atoms with Crippen LogP contribution in [0.5, 0.6) is 0 Å². The quantitative estimate of drug-likeness (QED) is 0.744. The van der Waals surface area contributed by atoms with Gasteiger partial charge in [0.05, 0.1) is 5.75 Å². The van der Waals surface area contributed by atoms with Crippen LogP contribution in [0.3, 0.4) is 0 Å². The molecule has 0 aliphatic rings. The van der Waals surface area contributed by atoms with Crippen molar-refractivity contribution in [3.05, 3.63) is 47.7 Å². The van der Waals surface area contributed by atoms with Gasteiger partial charge in [0.1, 0.15) is 5.52 Å². The number of hydrogen-bond donors (Lipinski definition) is 1. The fourth-order valence-corrected chi connectivity index (χ4v) is 2.51. The van der Waals surface area contributed by atoms with Crippen molar-refractivity contribution in [2.24, 2.45) is 0 Å². The molecule has 7 heteroatoms. The summed E-state index contributed by atoms with van der Waals surface area (Å²) in [5, 5.41) is 3.81. The number of oxazole rings is 1. The number of hydrogen-bond acceptors (Lipinski definition) is 5. The van der Waals surface area contributed by atoms with E-state index in [1.165, 1.54) is 11.8 Å².